The van der Waals surface area contributed by atoms with Crippen LogP contribution in [0, 0.1) is 11.8 Å². The molecule has 3 saturated heterocycles. The molecule has 12 nitrogen and oxygen atoms in total. The molecule has 3 fully saturated rings. The summed E-state index contributed by atoms with van der Waals surface area (Å²) in [6.07, 6.45) is 8.31. The number of likely N-dealkylation sites (tertiary alicyclic amines) is 1. The van der Waals surface area contributed by atoms with Gasteiger partial charge in [-0.25, -0.2) is 0 Å². The number of amides is 3. The van der Waals surface area contributed by atoms with Gasteiger partial charge in [0.1, 0.15) is 23.7 Å². The van der Waals surface area contributed by atoms with Crippen LogP contribution in [0.3, 0.4) is 0 Å². The molecule has 1 aromatic rings. The van der Waals surface area contributed by atoms with Gasteiger partial charge in [0.05, 0.1) is 31.3 Å². The van der Waals surface area contributed by atoms with Crippen LogP contribution in [-0.4, -0.2) is 138 Å². The summed E-state index contributed by atoms with van der Waals surface area (Å²) in [7, 11) is 1.72. The molecule has 0 bridgehead atoms. The van der Waals surface area contributed by atoms with Crippen LogP contribution in [0.15, 0.2) is 54.6 Å². The summed E-state index contributed by atoms with van der Waals surface area (Å²) in [5.41, 5.74) is -0.638. The van der Waals surface area contributed by atoms with Crippen molar-refractivity contribution in [2.75, 3.05) is 66.1 Å². The van der Waals surface area contributed by atoms with Crippen molar-refractivity contribution in [2.45, 2.75) is 68.9 Å². The molecule has 49 heavy (non-hydrogen) atoms. The number of benzene rings is 1. The Hall–Kier alpha value is -3.58. The Morgan fingerprint density at radius 3 is 2.47 bits per heavy atom. The number of rotatable bonds is 9. The van der Waals surface area contributed by atoms with Crippen molar-refractivity contribution in [3.63, 3.8) is 0 Å². The number of nitrogens with zero attached hydrogens (tertiary/aromatic N) is 4. The van der Waals surface area contributed by atoms with Gasteiger partial charge in [0, 0.05) is 59.3 Å². The largest absolute Gasteiger partial charge is 0.455 e. The zero-order chi connectivity index (χ0) is 34.5. The maximum Gasteiger partial charge on any atom is 0.313 e. The Bertz CT molecular complexity index is 1410. The molecule has 266 valence electrons. The van der Waals surface area contributed by atoms with Gasteiger partial charge in [0.2, 0.25) is 17.7 Å². The highest BCUT2D eigenvalue weighted by Crippen LogP contribution is 2.53. The monoisotopic (exact) mass is 678 g/mol. The lowest BCUT2D eigenvalue weighted by Gasteiger charge is -2.36. The number of allylic oxidation sites excluding steroid dienone is 1. The molecule has 6 rings (SSSR count). The van der Waals surface area contributed by atoms with Gasteiger partial charge >= 0.3 is 5.97 Å². The molecule has 5 aliphatic rings. The van der Waals surface area contributed by atoms with Crippen LogP contribution >= 0.6 is 0 Å². The second kappa shape index (κ2) is 15.5. The van der Waals surface area contributed by atoms with Crippen molar-refractivity contribution in [3.8, 4) is 0 Å². The second-order valence-electron chi connectivity index (χ2n) is 13.8. The molecule has 0 saturated carbocycles. The van der Waals surface area contributed by atoms with E-state index < -0.39 is 47.7 Å². The maximum atomic E-state index is 14.7. The molecule has 12 heteroatoms. The average molecular weight is 679 g/mol. The Balaban J connectivity index is 1.36. The number of ether oxygens (including phenoxy) is 3. The maximum absolute atomic E-state index is 14.7. The SMILES string of the molecule is C[C@@H]1[C@@H](c2ccccc2)OC(=O)[C@@H]2[C@H]3C(=O)N(CCCCCO)[C@@H]4C(=O)N(CCN5CCOCC5)CC=C[C@]34O[C@@H]2/C=C\CCC(=O)N1C. The number of carbonyl (C=O) groups is 4. The van der Waals surface area contributed by atoms with Crippen molar-refractivity contribution in [1.82, 2.24) is 19.6 Å². The standard InChI is InChI=1S/C37H50N4O8/c1-26-32(27-12-5-3-6-13-27)48-36(46)30-28(14-7-8-15-29(43)38(26)2)49-37-16-11-17-40(20-19-39-21-24-47-25-22-39)35(45)33(37)41(34(44)31(30)37)18-9-4-10-23-42/h3,5-7,11-14,16,26,28,30-33,42H,4,8-10,15,17-25H2,1-2H3/b14-7-/t26-,28-,30+,31+,32+,33-,37+/m1/s1. The predicted octanol–water partition coefficient (Wildman–Crippen LogP) is 1.94. The van der Waals surface area contributed by atoms with Gasteiger partial charge in [-0.05, 0) is 38.2 Å². The lowest BCUT2D eigenvalue weighted by Crippen LogP contribution is -2.56. The molecule has 5 aliphatic heterocycles. The first-order valence-electron chi connectivity index (χ1n) is 17.8. The summed E-state index contributed by atoms with van der Waals surface area (Å²) >= 11 is 0. The molecule has 7 atom stereocenters. The Morgan fingerprint density at radius 2 is 1.71 bits per heavy atom. The van der Waals surface area contributed by atoms with Gasteiger partial charge in [0.15, 0.2) is 0 Å². The van der Waals surface area contributed by atoms with Gasteiger partial charge in [-0.2, -0.15) is 0 Å². The minimum atomic E-state index is -1.38. The minimum Gasteiger partial charge on any atom is -0.455 e. The molecule has 0 unspecified atom stereocenters. The zero-order valence-corrected chi connectivity index (χ0v) is 28.7. The lowest BCUT2D eigenvalue weighted by atomic mass is 9.77. The first-order chi connectivity index (χ1) is 23.8. The van der Waals surface area contributed by atoms with E-state index in [4.69, 9.17) is 14.2 Å². The molecule has 1 N–H and O–H groups in total. The molecular formula is C37H50N4O8. The van der Waals surface area contributed by atoms with Gasteiger partial charge in [-0.1, -0.05) is 54.6 Å². The molecule has 1 aromatic carbocycles. The van der Waals surface area contributed by atoms with Crippen LogP contribution in [0.5, 0.6) is 0 Å². The molecule has 1 spiro atoms. The van der Waals surface area contributed by atoms with Gasteiger partial charge in [-0.15, -0.1) is 0 Å². The normalized spacial score (nSPS) is 33.3. The van der Waals surface area contributed by atoms with Crippen LogP contribution < -0.4 is 0 Å². The van der Waals surface area contributed by atoms with Crippen molar-refractivity contribution >= 4 is 23.7 Å². The van der Waals surface area contributed by atoms with Gasteiger partial charge < -0.3 is 34.0 Å². The summed E-state index contributed by atoms with van der Waals surface area (Å²) in [5, 5.41) is 9.39. The first-order valence-corrected chi connectivity index (χ1v) is 17.8. The number of unbranched alkanes of at least 4 members (excludes halogenated alkanes) is 2. The molecule has 0 radical (unpaired) electrons. The van der Waals surface area contributed by atoms with E-state index in [0.717, 1.165) is 18.7 Å². The average Bonchev–Trinajstić information content (AvgIpc) is 3.50. The van der Waals surface area contributed by atoms with Crippen molar-refractivity contribution < 1.29 is 38.5 Å². The smallest absolute Gasteiger partial charge is 0.313 e. The van der Waals surface area contributed by atoms with E-state index in [1.807, 2.05) is 55.5 Å². The fourth-order valence-corrected chi connectivity index (χ4v) is 8.03. The molecule has 5 heterocycles. The highest BCUT2D eigenvalue weighted by atomic mass is 16.6. The number of morpholine rings is 1. The van der Waals surface area contributed by atoms with E-state index >= 15 is 0 Å². The van der Waals surface area contributed by atoms with Gasteiger partial charge in [0.25, 0.3) is 0 Å². The summed E-state index contributed by atoms with van der Waals surface area (Å²) < 4.78 is 18.7. The third-order valence-corrected chi connectivity index (χ3v) is 10.9. The molecule has 0 aliphatic carbocycles. The van der Waals surface area contributed by atoms with E-state index in [1.54, 1.807) is 27.8 Å². The van der Waals surface area contributed by atoms with Crippen molar-refractivity contribution in [1.29, 1.82) is 0 Å². The Labute approximate surface area is 288 Å². The fraction of sp³-hybridized carbons (Fsp3) is 0.622. The van der Waals surface area contributed by atoms with Crippen molar-refractivity contribution in [2.24, 2.45) is 11.8 Å². The number of esters is 1. The number of likely N-dealkylation sites (N-methyl/N-ethyl adjacent to an activating group) is 1. The number of hydrogen-bond donors (Lipinski definition) is 1. The molecular weight excluding hydrogens is 628 g/mol. The van der Waals surface area contributed by atoms with Crippen LogP contribution in [-0.2, 0) is 33.4 Å². The van der Waals surface area contributed by atoms with Crippen LogP contribution in [0.4, 0.5) is 0 Å². The van der Waals surface area contributed by atoms with Crippen LogP contribution in [0.2, 0.25) is 0 Å². The van der Waals surface area contributed by atoms with Crippen molar-refractivity contribution in [3.05, 3.63) is 60.2 Å². The van der Waals surface area contributed by atoms with E-state index in [9.17, 15) is 24.3 Å². The van der Waals surface area contributed by atoms with E-state index in [0.29, 0.717) is 65.1 Å². The Kier molecular flexibility index (Phi) is 11.2. The number of aliphatic hydroxyl groups is 1. The minimum absolute atomic E-state index is 0.0494. The Morgan fingerprint density at radius 1 is 0.939 bits per heavy atom. The number of carbonyl (C=O) groups excluding carboxylic acids is 4. The lowest BCUT2D eigenvalue weighted by molar-refractivity contribution is -0.164. The molecule has 3 amide bonds. The first kappa shape index (κ1) is 35.3. The topological polar surface area (TPSA) is 129 Å². The van der Waals surface area contributed by atoms with Crippen LogP contribution in [0.1, 0.15) is 50.7 Å². The molecule has 0 aromatic heterocycles. The third kappa shape index (κ3) is 7.06. The second-order valence-corrected chi connectivity index (χ2v) is 13.8. The van der Waals surface area contributed by atoms with E-state index in [1.165, 1.54) is 0 Å². The summed E-state index contributed by atoms with van der Waals surface area (Å²) in [6.45, 7) is 6.66. The number of cyclic esters (lactones) is 1. The predicted molar refractivity (Wildman–Crippen MR) is 180 cm³/mol. The summed E-state index contributed by atoms with van der Waals surface area (Å²) in [6, 6.07) is 7.90. The van der Waals surface area contributed by atoms with E-state index in [-0.39, 0.29) is 30.7 Å². The third-order valence-electron chi connectivity index (χ3n) is 10.9. The highest BCUT2D eigenvalue weighted by molar-refractivity contribution is 5.99. The zero-order valence-electron chi connectivity index (χ0n) is 28.7. The van der Waals surface area contributed by atoms with Crippen LogP contribution in [0.25, 0.3) is 0 Å². The summed E-state index contributed by atoms with van der Waals surface area (Å²) in [5.74, 6) is -3.16. The number of fused-ring (bicyclic) bond motifs is 2. The highest BCUT2D eigenvalue weighted by Gasteiger charge is 2.71. The number of aliphatic hydroxyl groups excluding tert-OH is 1. The summed E-state index contributed by atoms with van der Waals surface area (Å²) in [4.78, 5) is 64.2. The van der Waals surface area contributed by atoms with Gasteiger partial charge in [-0.3, -0.25) is 24.1 Å². The fourth-order valence-electron chi connectivity index (χ4n) is 8.03. The quantitative estimate of drug-likeness (QED) is 0.237. The number of hydrogen-bond acceptors (Lipinski definition) is 9. The van der Waals surface area contributed by atoms with E-state index in [2.05, 4.69) is 4.90 Å².